The summed E-state index contributed by atoms with van der Waals surface area (Å²) in [6.07, 6.45) is 6.07. The highest BCUT2D eigenvalue weighted by atomic mass is 16.5. The van der Waals surface area contributed by atoms with Crippen LogP contribution in [0.4, 0.5) is 5.69 Å². The first kappa shape index (κ1) is 13.1. The topological polar surface area (TPSA) is 69.0 Å². The van der Waals surface area contributed by atoms with E-state index in [1.54, 1.807) is 18.5 Å². The number of nitrogens with zero attached hydrogens (tertiary/aromatic N) is 3. The third-order valence-corrected chi connectivity index (χ3v) is 2.75. The number of aromatic nitrogens is 3. The first-order chi connectivity index (χ1) is 9.20. The quantitative estimate of drug-likeness (QED) is 0.819. The summed E-state index contributed by atoms with van der Waals surface area (Å²) in [4.78, 5) is 19.5. The van der Waals surface area contributed by atoms with Crippen LogP contribution in [0, 0.1) is 0 Å². The van der Waals surface area contributed by atoms with E-state index in [-0.39, 0.29) is 0 Å². The van der Waals surface area contributed by atoms with E-state index in [0.717, 1.165) is 24.5 Å². The molecule has 0 atom stereocenters. The van der Waals surface area contributed by atoms with Crippen LogP contribution in [0.1, 0.15) is 16.3 Å². The number of aryl methyl sites for hydroxylation is 1. The molecule has 6 nitrogen and oxygen atoms in total. The predicted molar refractivity (Wildman–Crippen MR) is 71.0 cm³/mol. The molecule has 0 amide bonds. The number of ether oxygens (including phenoxy) is 1. The Morgan fingerprint density at radius 2 is 2.26 bits per heavy atom. The van der Waals surface area contributed by atoms with Gasteiger partial charge >= 0.3 is 5.97 Å². The van der Waals surface area contributed by atoms with Crippen molar-refractivity contribution in [2.75, 3.05) is 19.0 Å². The molecule has 0 aromatic carbocycles. The number of anilines is 1. The van der Waals surface area contributed by atoms with Gasteiger partial charge in [-0.2, -0.15) is 0 Å². The van der Waals surface area contributed by atoms with Gasteiger partial charge in [0.1, 0.15) is 11.5 Å². The molecule has 0 aliphatic heterocycles. The zero-order valence-corrected chi connectivity index (χ0v) is 11.0. The van der Waals surface area contributed by atoms with Gasteiger partial charge in [0.25, 0.3) is 0 Å². The summed E-state index contributed by atoms with van der Waals surface area (Å²) in [5.74, 6) is 0.572. The minimum atomic E-state index is -0.437. The molecule has 2 aromatic rings. The number of carbonyl (C=O) groups excluding carboxylic acids is 1. The van der Waals surface area contributed by atoms with E-state index in [1.165, 1.54) is 7.11 Å². The molecule has 0 saturated carbocycles. The number of pyridine rings is 1. The van der Waals surface area contributed by atoms with Crippen LogP contribution in [-0.2, 0) is 18.2 Å². The number of esters is 1. The molecule has 100 valence electrons. The van der Waals surface area contributed by atoms with E-state index < -0.39 is 5.97 Å². The Labute approximate surface area is 111 Å². The van der Waals surface area contributed by atoms with Gasteiger partial charge in [0.05, 0.1) is 7.11 Å². The van der Waals surface area contributed by atoms with E-state index in [0.29, 0.717) is 5.69 Å². The van der Waals surface area contributed by atoms with Crippen molar-refractivity contribution in [2.24, 2.45) is 7.05 Å². The minimum absolute atomic E-state index is 0.296. The summed E-state index contributed by atoms with van der Waals surface area (Å²) in [5, 5.41) is 3.23. The van der Waals surface area contributed by atoms with Crippen LogP contribution in [0.25, 0.3) is 0 Å². The van der Waals surface area contributed by atoms with Crippen molar-refractivity contribution in [2.45, 2.75) is 6.42 Å². The van der Waals surface area contributed by atoms with Crippen LogP contribution in [0.15, 0.2) is 30.7 Å². The van der Waals surface area contributed by atoms with Crippen LogP contribution < -0.4 is 5.32 Å². The fourth-order valence-corrected chi connectivity index (χ4v) is 1.71. The normalized spacial score (nSPS) is 10.2. The summed E-state index contributed by atoms with van der Waals surface area (Å²) < 4.78 is 6.61. The number of nitrogens with one attached hydrogen (secondary N) is 1. The Bertz CT molecular complexity index is 565. The van der Waals surface area contributed by atoms with Gasteiger partial charge in [-0.15, -0.1) is 0 Å². The molecule has 0 aliphatic carbocycles. The molecule has 2 rings (SSSR count). The predicted octanol–water partition coefficient (Wildman–Crippen LogP) is 1.26. The van der Waals surface area contributed by atoms with E-state index in [4.69, 9.17) is 0 Å². The van der Waals surface area contributed by atoms with Gasteiger partial charge in [-0.1, -0.05) is 0 Å². The number of imidazole rings is 1. The second-order valence-electron chi connectivity index (χ2n) is 4.05. The molecule has 2 aromatic heterocycles. The monoisotopic (exact) mass is 260 g/mol. The average Bonchev–Trinajstić information content (AvgIpc) is 2.84. The van der Waals surface area contributed by atoms with Crippen LogP contribution in [0.3, 0.4) is 0 Å². The molecule has 6 heteroatoms. The van der Waals surface area contributed by atoms with Crippen molar-refractivity contribution < 1.29 is 9.53 Å². The Morgan fingerprint density at radius 3 is 2.95 bits per heavy atom. The molecule has 0 fully saturated rings. The van der Waals surface area contributed by atoms with Gasteiger partial charge in [0, 0.05) is 44.3 Å². The molecule has 0 bridgehead atoms. The molecule has 0 radical (unpaired) electrons. The minimum Gasteiger partial charge on any atom is -0.464 e. The highest BCUT2D eigenvalue weighted by molar-refractivity contribution is 5.88. The van der Waals surface area contributed by atoms with E-state index in [2.05, 4.69) is 20.0 Å². The largest absolute Gasteiger partial charge is 0.464 e. The lowest BCUT2D eigenvalue weighted by atomic mass is 10.3. The van der Waals surface area contributed by atoms with E-state index in [9.17, 15) is 4.79 Å². The third-order valence-electron chi connectivity index (χ3n) is 2.75. The van der Waals surface area contributed by atoms with Gasteiger partial charge in [-0.05, 0) is 12.1 Å². The van der Waals surface area contributed by atoms with Gasteiger partial charge < -0.3 is 14.6 Å². The highest BCUT2D eigenvalue weighted by Crippen LogP contribution is 2.09. The average molecular weight is 260 g/mol. The maximum atomic E-state index is 11.3. The molecule has 0 spiro atoms. The summed E-state index contributed by atoms with van der Waals surface area (Å²) in [6, 6.07) is 3.48. The number of carbonyl (C=O) groups is 1. The van der Waals surface area contributed by atoms with Gasteiger partial charge in [0.2, 0.25) is 0 Å². The SMILES string of the molecule is COC(=O)c1cc(NCCc2nccn2C)ccn1. The lowest BCUT2D eigenvalue weighted by molar-refractivity contribution is 0.0594. The van der Waals surface area contributed by atoms with Gasteiger partial charge in [-0.25, -0.2) is 14.8 Å². The van der Waals surface area contributed by atoms with Gasteiger partial charge in [0.15, 0.2) is 0 Å². The van der Waals surface area contributed by atoms with Crippen molar-refractivity contribution in [3.05, 3.63) is 42.2 Å². The zero-order chi connectivity index (χ0) is 13.7. The van der Waals surface area contributed by atoms with Crippen LogP contribution in [0.5, 0.6) is 0 Å². The second-order valence-corrected chi connectivity index (χ2v) is 4.05. The molecule has 0 saturated heterocycles. The van der Waals surface area contributed by atoms with Gasteiger partial charge in [-0.3, -0.25) is 0 Å². The van der Waals surface area contributed by atoms with Crippen molar-refractivity contribution in [1.29, 1.82) is 0 Å². The maximum absolute atomic E-state index is 11.3. The van der Waals surface area contributed by atoms with Crippen LogP contribution in [-0.4, -0.2) is 34.2 Å². The number of rotatable bonds is 5. The zero-order valence-electron chi connectivity index (χ0n) is 11.0. The van der Waals surface area contributed by atoms with Crippen LogP contribution in [0.2, 0.25) is 0 Å². The fraction of sp³-hybridized carbons (Fsp3) is 0.308. The third kappa shape index (κ3) is 3.31. The molecule has 2 heterocycles. The molecule has 1 N–H and O–H groups in total. The molecule has 0 unspecified atom stereocenters. The maximum Gasteiger partial charge on any atom is 0.356 e. The first-order valence-electron chi connectivity index (χ1n) is 5.95. The first-order valence-corrected chi connectivity index (χ1v) is 5.95. The van der Waals surface area contributed by atoms with Crippen molar-refractivity contribution in [3.63, 3.8) is 0 Å². The fourth-order valence-electron chi connectivity index (χ4n) is 1.71. The Kier molecular flexibility index (Phi) is 4.12. The molecular weight excluding hydrogens is 244 g/mol. The van der Waals surface area contributed by atoms with Crippen molar-refractivity contribution in [3.8, 4) is 0 Å². The summed E-state index contributed by atoms with van der Waals surface area (Å²) >= 11 is 0. The Hall–Kier alpha value is -2.37. The second kappa shape index (κ2) is 5.99. The van der Waals surface area contributed by atoms with Crippen molar-refractivity contribution in [1.82, 2.24) is 14.5 Å². The summed E-state index contributed by atoms with van der Waals surface area (Å²) in [6.45, 7) is 0.732. The van der Waals surface area contributed by atoms with Crippen molar-refractivity contribution >= 4 is 11.7 Å². The number of hydrogen-bond acceptors (Lipinski definition) is 5. The molecule has 0 aliphatic rings. The standard InChI is InChI=1S/C13H16N4O2/c1-17-8-7-16-12(17)4-6-14-10-3-5-15-11(9-10)13(18)19-2/h3,5,7-9H,4,6H2,1-2H3,(H,14,15). The highest BCUT2D eigenvalue weighted by Gasteiger charge is 2.07. The van der Waals surface area contributed by atoms with E-state index in [1.807, 2.05) is 23.9 Å². The molecule has 19 heavy (non-hydrogen) atoms. The lowest BCUT2D eigenvalue weighted by Crippen LogP contribution is -2.10. The smallest absolute Gasteiger partial charge is 0.356 e. The Morgan fingerprint density at radius 1 is 1.42 bits per heavy atom. The number of hydrogen-bond donors (Lipinski definition) is 1. The Balaban J connectivity index is 1.93. The van der Waals surface area contributed by atoms with E-state index >= 15 is 0 Å². The summed E-state index contributed by atoms with van der Waals surface area (Å²) in [7, 11) is 3.30. The molecular formula is C13H16N4O2. The lowest BCUT2D eigenvalue weighted by Gasteiger charge is -2.07. The number of methoxy groups -OCH3 is 1. The van der Waals surface area contributed by atoms with Crippen LogP contribution >= 0.6 is 0 Å². The summed E-state index contributed by atoms with van der Waals surface area (Å²) in [5.41, 5.74) is 1.13.